The second-order valence-corrected chi connectivity index (χ2v) is 6.18. The van der Waals surface area contributed by atoms with E-state index in [4.69, 9.17) is 10.5 Å². The molecule has 1 aliphatic rings. The maximum absolute atomic E-state index is 11.9. The third kappa shape index (κ3) is 4.38. The molecule has 0 saturated heterocycles. The molecule has 0 spiro atoms. The number of nitrogens with one attached hydrogen (secondary N) is 1. The van der Waals surface area contributed by atoms with Crippen molar-refractivity contribution in [3.05, 3.63) is 30.3 Å². The standard InChI is InChI=1S/C15H19N5O2S/c16-14-18-19-15(20(14)11-6-7-11)23-10-13(21)17-8-9-22-12-4-2-1-3-5-12/h1-5,11H,6-10H2,(H2,16,18)(H,17,21). The summed E-state index contributed by atoms with van der Waals surface area (Å²) in [6.45, 7) is 0.900. The summed E-state index contributed by atoms with van der Waals surface area (Å²) in [4.78, 5) is 11.9. The number of nitrogens with zero attached hydrogens (tertiary/aromatic N) is 3. The van der Waals surface area contributed by atoms with Crippen LogP contribution in [0.25, 0.3) is 0 Å². The zero-order chi connectivity index (χ0) is 16.1. The Labute approximate surface area is 138 Å². The minimum atomic E-state index is -0.0596. The van der Waals surface area contributed by atoms with Crippen LogP contribution in [0.1, 0.15) is 18.9 Å². The van der Waals surface area contributed by atoms with Gasteiger partial charge in [0.1, 0.15) is 12.4 Å². The zero-order valence-corrected chi connectivity index (χ0v) is 13.5. The van der Waals surface area contributed by atoms with Crippen LogP contribution in [-0.4, -0.2) is 39.6 Å². The number of aromatic nitrogens is 3. The molecule has 1 amide bonds. The monoisotopic (exact) mass is 333 g/mol. The second kappa shape index (κ2) is 7.36. The fourth-order valence-corrected chi connectivity index (χ4v) is 2.96. The van der Waals surface area contributed by atoms with Gasteiger partial charge >= 0.3 is 0 Å². The average molecular weight is 333 g/mol. The van der Waals surface area contributed by atoms with Crippen molar-refractivity contribution in [1.82, 2.24) is 20.1 Å². The lowest BCUT2D eigenvalue weighted by Gasteiger charge is -2.08. The SMILES string of the molecule is Nc1nnc(SCC(=O)NCCOc2ccccc2)n1C1CC1. The topological polar surface area (TPSA) is 95.1 Å². The minimum absolute atomic E-state index is 0.0596. The van der Waals surface area contributed by atoms with Crippen LogP contribution in [-0.2, 0) is 4.79 Å². The molecule has 3 N–H and O–H groups in total. The van der Waals surface area contributed by atoms with Gasteiger partial charge in [-0.1, -0.05) is 30.0 Å². The number of para-hydroxylation sites is 1. The number of thioether (sulfide) groups is 1. The Morgan fingerprint density at radius 3 is 2.87 bits per heavy atom. The van der Waals surface area contributed by atoms with Gasteiger partial charge in [-0.3, -0.25) is 9.36 Å². The smallest absolute Gasteiger partial charge is 0.230 e. The van der Waals surface area contributed by atoms with E-state index < -0.39 is 0 Å². The molecule has 2 aromatic rings. The van der Waals surface area contributed by atoms with Crippen LogP contribution < -0.4 is 15.8 Å². The van der Waals surface area contributed by atoms with E-state index in [0.29, 0.717) is 30.3 Å². The van der Waals surface area contributed by atoms with E-state index in [1.165, 1.54) is 11.8 Å². The van der Waals surface area contributed by atoms with Crippen LogP contribution in [0.15, 0.2) is 35.5 Å². The fourth-order valence-electron chi connectivity index (χ4n) is 2.12. The van der Waals surface area contributed by atoms with Crippen LogP contribution in [0.3, 0.4) is 0 Å². The molecule has 1 saturated carbocycles. The maximum atomic E-state index is 11.9. The van der Waals surface area contributed by atoms with Gasteiger partial charge in [0.25, 0.3) is 0 Å². The van der Waals surface area contributed by atoms with E-state index in [0.717, 1.165) is 18.6 Å². The molecule has 7 nitrogen and oxygen atoms in total. The van der Waals surface area contributed by atoms with Crippen molar-refractivity contribution in [2.75, 3.05) is 24.6 Å². The van der Waals surface area contributed by atoms with Gasteiger partial charge in [-0.15, -0.1) is 10.2 Å². The predicted molar refractivity (Wildman–Crippen MR) is 88.4 cm³/mol. The molecule has 1 aliphatic carbocycles. The Morgan fingerprint density at radius 2 is 2.13 bits per heavy atom. The number of amides is 1. The number of anilines is 1. The number of nitrogen functional groups attached to an aromatic ring is 1. The molecule has 0 atom stereocenters. The number of hydrogen-bond acceptors (Lipinski definition) is 6. The number of rotatable bonds is 8. The van der Waals surface area contributed by atoms with Crippen molar-refractivity contribution in [3.8, 4) is 5.75 Å². The Kier molecular flexibility index (Phi) is 5.02. The third-order valence-corrected chi connectivity index (χ3v) is 4.31. The molecular weight excluding hydrogens is 314 g/mol. The summed E-state index contributed by atoms with van der Waals surface area (Å²) in [5.41, 5.74) is 5.80. The van der Waals surface area contributed by atoms with Gasteiger partial charge < -0.3 is 15.8 Å². The molecule has 0 radical (unpaired) electrons. The van der Waals surface area contributed by atoms with Gasteiger partial charge in [-0.25, -0.2) is 0 Å². The number of carbonyl (C=O) groups excluding carboxylic acids is 1. The van der Waals surface area contributed by atoms with Crippen molar-refractivity contribution in [3.63, 3.8) is 0 Å². The van der Waals surface area contributed by atoms with Gasteiger partial charge in [0, 0.05) is 6.04 Å². The van der Waals surface area contributed by atoms with Gasteiger partial charge in [0.2, 0.25) is 11.9 Å². The van der Waals surface area contributed by atoms with Crippen LogP contribution in [0.5, 0.6) is 5.75 Å². The first kappa shape index (κ1) is 15.7. The largest absolute Gasteiger partial charge is 0.492 e. The van der Waals surface area contributed by atoms with Crippen LogP contribution >= 0.6 is 11.8 Å². The summed E-state index contributed by atoms with van der Waals surface area (Å²) in [6, 6.07) is 9.91. The van der Waals surface area contributed by atoms with E-state index in [1.807, 2.05) is 34.9 Å². The van der Waals surface area contributed by atoms with Gasteiger partial charge in [-0.2, -0.15) is 0 Å². The molecule has 122 valence electrons. The number of ether oxygens (including phenoxy) is 1. The second-order valence-electron chi connectivity index (χ2n) is 5.24. The van der Waals surface area contributed by atoms with Crippen molar-refractivity contribution in [2.45, 2.75) is 24.0 Å². The zero-order valence-electron chi connectivity index (χ0n) is 12.6. The van der Waals surface area contributed by atoms with Gasteiger partial charge in [-0.05, 0) is 25.0 Å². The van der Waals surface area contributed by atoms with Gasteiger partial charge in [0.05, 0.1) is 12.3 Å². The first-order valence-electron chi connectivity index (χ1n) is 7.52. The summed E-state index contributed by atoms with van der Waals surface area (Å²) < 4.78 is 7.43. The summed E-state index contributed by atoms with van der Waals surface area (Å²) >= 11 is 1.36. The highest BCUT2D eigenvalue weighted by Gasteiger charge is 2.29. The Balaban J connectivity index is 1.37. The normalized spacial score (nSPS) is 13.7. The van der Waals surface area contributed by atoms with E-state index in [2.05, 4.69) is 15.5 Å². The number of nitrogens with two attached hydrogens (primary N) is 1. The Hall–Kier alpha value is -2.22. The first-order valence-corrected chi connectivity index (χ1v) is 8.50. The van der Waals surface area contributed by atoms with Crippen LogP contribution in [0.4, 0.5) is 5.95 Å². The quantitative estimate of drug-likeness (QED) is 0.561. The average Bonchev–Trinajstić information content (AvgIpc) is 3.33. The van der Waals surface area contributed by atoms with Crippen molar-refractivity contribution >= 4 is 23.6 Å². The van der Waals surface area contributed by atoms with Crippen molar-refractivity contribution in [1.29, 1.82) is 0 Å². The summed E-state index contributed by atoms with van der Waals surface area (Å²) in [6.07, 6.45) is 2.19. The van der Waals surface area contributed by atoms with Gasteiger partial charge in [0.15, 0.2) is 5.16 Å². The highest BCUT2D eigenvalue weighted by Crippen LogP contribution is 2.39. The summed E-state index contributed by atoms with van der Waals surface area (Å²) in [5.74, 6) is 1.45. The lowest BCUT2D eigenvalue weighted by atomic mass is 10.3. The summed E-state index contributed by atoms with van der Waals surface area (Å²) in [5, 5.41) is 11.4. The molecule has 1 heterocycles. The Bertz CT molecular complexity index is 657. The number of benzene rings is 1. The molecule has 8 heteroatoms. The van der Waals surface area contributed by atoms with Crippen molar-refractivity contribution < 1.29 is 9.53 Å². The summed E-state index contributed by atoms with van der Waals surface area (Å²) in [7, 11) is 0. The molecule has 0 aliphatic heterocycles. The van der Waals surface area contributed by atoms with E-state index in [-0.39, 0.29) is 11.7 Å². The van der Waals surface area contributed by atoms with E-state index in [9.17, 15) is 4.79 Å². The van der Waals surface area contributed by atoms with Crippen molar-refractivity contribution in [2.24, 2.45) is 0 Å². The molecule has 1 aromatic heterocycles. The number of hydrogen-bond donors (Lipinski definition) is 2. The minimum Gasteiger partial charge on any atom is -0.492 e. The predicted octanol–water partition coefficient (Wildman–Crippen LogP) is 1.48. The Morgan fingerprint density at radius 1 is 1.35 bits per heavy atom. The van der Waals surface area contributed by atoms with E-state index in [1.54, 1.807) is 0 Å². The molecule has 3 rings (SSSR count). The molecule has 1 aromatic carbocycles. The first-order chi connectivity index (χ1) is 11.2. The molecule has 1 fully saturated rings. The maximum Gasteiger partial charge on any atom is 0.230 e. The molecule has 0 unspecified atom stereocenters. The lowest BCUT2D eigenvalue weighted by molar-refractivity contribution is -0.118. The number of carbonyl (C=O) groups is 1. The fraction of sp³-hybridized carbons (Fsp3) is 0.400. The highest BCUT2D eigenvalue weighted by atomic mass is 32.2. The molecular formula is C15H19N5O2S. The lowest BCUT2D eigenvalue weighted by Crippen LogP contribution is -2.29. The van der Waals surface area contributed by atoms with E-state index >= 15 is 0 Å². The third-order valence-electron chi connectivity index (χ3n) is 3.37. The highest BCUT2D eigenvalue weighted by molar-refractivity contribution is 7.99. The molecule has 23 heavy (non-hydrogen) atoms. The van der Waals surface area contributed by atoms with Crippen LogP contribution in [0.2, 0.25) is 0 Å². The van der Waals surface area contributed by atoms with Crippen LogP contribution in [0, 0.1) is 0 Å². The molecule has 0 bridgehead atoms.